The third-order valence-corrected chi connectivity index (χ3v) is 2.76. The van der Waals surface area contributed by atoms with Crippen molar-refractivity contribution in [3.63, 3.8) is 0 Å². The molecule has 3 nitrogen and oxygen atoms in total. The Balaban J connectivity index is 0.00000144. The first-order valence-electron chi connectivity index (χ1n) is 4.40. The summed E-state index contributed by atoms with van der Waals surface area (Å²) in [6, 6.07) is 9.11. The van der Waals surface area contributed by atoms with Crippen LogP contribution in [0.3, 0.4) is 0 Å². The number of benzene rings is 1. The summed E-state index contributed by atoms with van der Waals surface area (Å²) < 4.78 is 0.103. The van der Waals surface area contributed by atoms with Crippen LogP contribution < -0.4 is 69.3 Å². The number of rotatable bonds is 1. The number of amides is 1. The number of nitrogens with one attached hydrogen (secondary N) is 1. The third-order valence-electron chi connectivity index (χ3n) is 2.07. The molecule has 1 aromatic rings. The fourth-order valence-corrected chi connectivity index (χ4v) is 1.94. The summed E-state index contributed by atoms with van der Waals surface area (Å²) in [5, 5.41) is 3.03. The van der Waals surface area contributed by atoms with Crippen molar-refractivity contribution in [2.75, 3.05) is 4.90 Å². The quantitative estimate of drug-likeness (QED) is 0.244. The Morgan fingerprint density at radius 1 is 1.17 bits per heavy atom. The predicted octanol–water partition coefficient (Wildman–Crippen LogP) is -4.82. The minimum Gasteiger partial charge on any atom is -0.805 e. The summed E-state index contributed by atoms with van der Waals surface area (Å²) >= 11 is 14.7. The van der Waals surface area contributed by atoms with Crippen molar-refractivity contribution in [1.29, 1.82) is 0 Å². The molecule has 0 spiro atoms. The van der Waals surface area contributed by atoms with Gasteiger partial charge in [0.2, 0.25) is 0 Å². The van der Waals surface area contributed by atoms with Gasteiger partial charge < -0.3 is 34.8 Å². The number of carbonyl (C=O) groups excluding carboxylic acids is 1. The van der Waals surface area contributed by atoms with Crippen molar-refractivity contribution in [1.82, 2.24) is 5.32 Å². The molecule has 0 saturated carbocycles. The topological polar surface area (TPSA) is 32.3 Å². The van der Waals surface area contributed by atoms with E-state index in [1.807, 2.05) is 18.2 Å². The van der Waals surface area contributed by atoms with Gasteiger partial charge in [-0.15, -0.1) is 0 Å². The molecule has 0 atom stereocenters. The molecule has 18 heavy (non-hydrogen) atoms. The van der Waals surface area contributed by atoms with Crippen LogP contribution in [-0.2, 0) is 30.1 Å². The van der Waals surface area contributed by atoms with Gasteiger partial charge in [-0.3, -0.25) is 9.69 Å². The Hall–Kier alpha value is 0.760. The smallest absolute Gasteiger partial charge is 0.805 e. The molecule has 2 rings (SSSR count). The molecule has 1 saturated heterocycles. The Morgan fingerprint density at radius 2 is 1.72 bits per heavy atom. The minimum absolute atomic E-state index is 0. The van der Waals surface area contributed by atoms with Gasteiger partial charge in [-0.05, 0) is 24.4 Å². The van der Waals surface area contributed by atoms with E-state index in [0.29, 0.717) is 10.8 Å². The fourth-order valence-electron chi connectivity index (χ4n) is 1.37. The maximum absolute atomic E-state index is 11.9. The van der Waals surface area contributed by atoms with E-state index in [9.17, 15) is 4.79 Å². The van der Waals surface area contributed by atoms with E-state index in [-0.39, 0.29) is 75.0 Å². The largest absolute Gasteiger partial charge is 1.00 e. The van der Waals surface area contributed by atoms with Gasteiger partial charge in [-0.25, -0.2) is 0 Å². The first kappa shape index (κ1) is 18.8. The summed E-state index contributed by atoms with van der Waals surface area (Å²) in [5.74, 6) is -0.295. The summed E-state index contributed by atoms with van der Waals surface area (Å²) in [7, 11) is 0. The zero-order valence-corrected chi connectivity index (χ0v) is 16.4. The molecule has 1 aliphatic rings. The van der Waals surface area contributed by atoms with Crippen molar-refractivity contribution in [2.45, 2.75) is 0 Å². The van der Waals surface area contributed by atoms with Gasteiger partial charge in [0.1, 0.15) is 0 Å². The molecule has 0 radical (unpaired) electrons. The number of carbonyl (C=O) groups is 1. The second-order valence-corrected chi connectivity index (χ2v) is 4.53. The second kappa shape index (κ2) is 8.14. The van der Waals surface area contributed by atoms with Crippen LogP contribution >= 0.6 is 12.2 Å². The first-order chi connectivity index (χ1) is 7.61. The minimum atomic E-state index is -0.295. The Bertz CT molecular complexity index is 489. The van der Waals surface area contributed by atoms with Crippen molar-refractivity contribution in [3.8, 4) is 0 Å². The number of hydrogen-bond acceptors (Lipinski definition) is 4. The molecule has 8 heteroatoms. The van der Waals surface area contributed by atoms with Crippen LogP contribution in [0.1, 0.15) is 0 Å². The normalized spacial score (nSPS) is 13.6. The Kier molecular flexibility index (Phi) is 8.48. The van der Waals surface area contributed by atoms with Gasteiger partial charge in [-0.1, -0.05) is 18.2 Å². The molecular weight excluding hydrogens is 306 g/mol. The van der Waals surface area contributed by atoms with Crippen LogP contribution in [0, 0.1) is 0 Å². The van der Waals surface area contributed by atoms with E-state index in [1.165, 1.54) is 4.90 Å². The molecule has 0 aliphatic carbocycles. The van der Waals surface area contributed by atoms with Gasteiger partial charge in [0, 0.05) is 0 Å². The van der Waals surface area contributed by atoms with Crippen molar-refractivity contribution < 1.29 is 63.9 Å². The van der Waals surface area contributed by atoms with Crippen molar-refractivity contribution >= 4 is 54.2 Å². The van der Waals surface area contributed by atoms with Crippen LogP contribution in [0.2, 0.25) is 0 Å². The fraction of sp³-hybridized carbons (Fsp3) is 0. The molecule has 1 aliphatic heterocycles. The van der Waals surface area contributed by atoms with Crippen molar-refractivity contribution in [2.24, 2.45) is 0 Å². The summed E-state index contributed by atoms with van der Waals surface area (Å²) in [6.07, 6.45) is 0. The molecule has 0 bridgehead atoms. The van der Waals surface area contributed by atoms with Crippen LogP contribution in [0.4, 0.5) is 5.69 Å². The van der Waals surface area contributed by atoms with Gasteiger partial charge >= 0.3 is 59.1 Å². The van der Waals surface area contributed by atoms with E-state index in [0.717, 1.165) is 0 Å². The first-order valence-corrected chi connectivity index (χ1v) is 5.62. The Morgan fingerprint density at radius 3 is 2.17 bits per heavy atom. The number of thiocarbonyl (C=S) groups is 1. The van der Waals surface area contributed by atoms with Crippen LogP contribution in [-0.4, -0.2) is 11.0 Å². The number of anilines is 1. The van der Waals surface area contributed by atoms with E-state index in [2.05, 4.69) is 5.32 Å². The molecule has 1 N–H and O–H groups in total. The summed E-state index contributed by atoms with van der Waals surface area (Å²) in [5.41, 5.74) is 0.908. The SMILES string of the molecule is O=C1C(=C([S-])[S-])NC(=S)N1c1ccccc1.[Na+].[Na+]. The van der Waals surface area contributed by atoms with E-state index >= 15 is 0 Å². The molecule has 1 amide bonds. The molecule has 82 valence electrons. The second-order valence-electron chi connectivity index (χ2n) is 3.07. The number of nitrogens with zero attached hydrogens (tertiary/aromatic N) is 1. The zero-order valence-electron chi connectivity index (χ0n) is 9.97. The van der Waals surface area contributed by atoms with Gasteiger partial charge in [0.25, 0.3) is 5.91 Å². The molecular formula is C10H6N2Na2OS3. The van der Waals surface area contributed by atoms with E-state index in [1.54, 1.807) is 12.1 Å². The standard InChI is InChI=1S/C10H8N2OS3.2Na/c13-8-7(9(14)15)11-10(16)12(8)6-4-2-1-3-5-6;;/h1-5,14-15H,(H,11,16);;/q;2*+1/p-2. The zero-order chi connectivity index (χ0) is 11.7. The van der Waals surface area contributed by atoms with E-state index in [4.69, 9.17) is 37.5 Å². The molecule has 0 unspecified atom stereocenters. The molecule has 1 heterocycles. The third kappa shape index (κ3) is 3.88. The van der Waals surface area contributed by atoms with Gasteiger partial charge in [0.05, 0.1) is 11.4 Å². The van der Waals surface area contributed by atoms with Crippen LogP contribution in [0.5, 0.6) is 0 Å². The molecule has 1 aromatic carbocycles. The van der Waals surface area contributed by atoms with Crippen LogP contribution in [0.15, 0.2) is 40.3 Å². The molecule has 0 aromatic heterocycles. The predicted molar refractivity (Wildman–Crippen MR) is 71.4 cm³/mol. The Labute approximate surface area is 166 Å². The van der Waals surface area contributed by atoms with Crippen LogP contribution in [0.25, 0.3) is 0 Å². The average molecular weight is 312 g/mol. The van der Waals surface area contributed by atoms with Gasteiger partial charge in [-0.2, -0.15) is 0 Å². The van der Waals surface area contributed by atoms with E-state index < -0.39 is 0 Å². The number of hydrogen-bond donors (Lipinski definition) is 1. The summed E-state index contributed by atoms with van der Waals surface area (Å²) in [6.45, 7) is 0. The summed E-state index contributed by atoms with van der Waals surface area (Å²) in [4.78, 5) is 13.3. The van der Waals surface area contributed by atoms with Crippen molar-refractivity contribution in [3.05, 3.63) is 40.3 Å². The average Bonchev–Trinajstić information content (AvgIpc) is 2.56. The monoisotopic (exact) mass is 312 g/mol. The number of para-hydroxylation sites is 1. The molecule has 1 fully saturated rings. The maximum atomic E-state index is 11.9. The van der Waals surface area contributed by atoms with Gasteiger partial charge in [0.15, 0.2) is 5.11 Å². The maximum Gasteiger partial charge on any atom is 1.00 e.